The van der Waals surface area contributed by atoms with E-state index >= 15 is 0 Å². The summed E-state index contributed by atoms with van der Waals surface area (Å²) in [5.41, 5.74) is 2.05. The fraction of sp³-hybridized carbons (Fsp3) is 0.278. The fourth-order valence-electron chi connectivity index (χ4n) is 2.72. The van der Waals surface area contributed by atoms with Crippen LogP contribution in [0.5, 0.6) is 0 Å². The average Bonchev–Trinajstić information content (AvgIpc) is 3.38. The first-order chi connectivity index (χ1) is 12.6. The molecule has 134 valence electrons. The van der Waals surface area contributed by atoms with Crippen LogP contribution in [0.1, 0.15) is 43.0 Å². The Morgan fingerprint density at radius 1 is 1.19 bits per heavy atom. The van der Waals surface area contributed by atoms with Gasteiger partial charge in [-0.15, -0.1) is 0 Å². The highest BCUT2D eigenvalue weighted by Crippen LogP contribution is 2.40. The Morgan fingerprint density at radius 2 is 1.92 bits per heavy atom. The van der Waals surface area contributed by atoms with Crippen molar-refractivity contribution in [3.63, 3.8) is 0 Å². The molecular formula is C18H18ClFN6. The second kappa shape index (κ2) is 6.92. The summed E-state index contributed by atoms with van der Waals surface area (Å²) >= 11 is 6.45. The third-order valence-corrected chi connectivity index (χ3v) is 4.73. The number of aromatic nitrogens is 4. The van der Waals surface area contributed by atoms with Gasteiger partial charge in [0.25, 0.3) is 0 Å². The van der Waals surface area contributed by atoms with Crippen LogP contribution in [0.15, 0.2) is 36.7 Å². The second-order valence-corrected chi connectivity index (χ2v) is 6.79. The summed E-state index contributed by atoms with van der Waals surface area (Å²) in [7, 11) is 0. The van der Waals surface area contributed by atoms with Gasteiger partial charge in [0.1, 0.15) is 17.2 Å². The lowest BCUT2D eigenvalue weighted by Crippen LogP contribution is -2.09. The first-order valence-corrected chi connectivity index (χ1v) is 8.83. The molecular weight excluding hydrogens is 355 g/mol. The van der Waals surface area contributed by atoms with Crippen molar-refractivity contribution in [2.24, 2.45) is 0 Å². The molecule has 1 fully saturated rings. The number of benzene rings is 1. The predicted molar refractivity (Wildman–Crippen MR) is 99.3 cm³/mol. The molecule has 0 amide bonds. The quantitative estimate of drug-likeness (QED) is 0.580. The van der Waals surface area contributed by atoms with E-state index in [-0.39, 0.29) is 11.9 Å². The van der Waals surface area contributed by atoms with E-state index in [4.69, 9.17) is 11.6 Å². The van der Waals surface area contributed by atoms with Crippen LogP contribution in [0.2, 0.25) is 5.02 Å². The van der Waals surface area contributed by atoms with Crippen molar-refractivity contribution in [1.29, 1.82) is 0 Å². The minimum Gasteiger partial charge on any atom is -0.362 e. The molecule has 0 aliphatic heterocycles. The Bertz CT molecular complexity index is 906. The monoisotopic (exact) mass is 372 g/mol. The van der Waals surface area contributed by atoms with Gasteiger partial charge in [-0.2, -0.15) is 5.10 Å². The SMILES string of the molecule is CC(Nc1ncnc(Nc2cc(C3CC3)[nH]n2)c1Cl)c1ccc(F)cc1. The Morgan fingerprint density at radius 3 is 2.65 bits per heavy atom. The van der Waals surface area contributed by atoms with Gasteiger partial charge >= 0.3 is 0 Å². The summed E-state index contributed by atoms with van der Waals surface area (Å²) in [6.07, 6.45) is 3.83. The maximum absolute atomic E-state index is 13.1. The number of halogens is 2. The van der Waals surface area contributed by atoms with Crippen LogP contribution in [0.3, 0.4) is 0 Å². The van der Waals surface area contributed by atoms with Crippen LogP contribution in [0.25, 0.3) is 0 Å². The van der Waals surface area contributed by atoms with Crippen molar-refractivity contribution in [2.45, 2.75) is 31.7 Å². The third-order valence-electron chi connectivity index (χ3n) is 4.37. The minimum atomic E-state index is -0.267. The fourth-order valence-corrected chi connectivity index (χ4v) is 2.92. The molecule has 8 heteroatoms. The van der Waals surface area contributed by atoms with E-state index in [1.807, 2.05) is 13.0 Å². The molecule has 1 aliphatic carbocycles. The molecule has 0 bridgehead atoms. The van der Waals surface area contributed by atoms with Crippen molar-refractivity contribution in [1.82, 2.24) is 20.2 Å². The van der Waals surface area contributed by atoms with Gasteiger partial charge in [-0.3, -0.25) is 5.10 Å². The van der Waals surface area contributed by atoms with Gasteiger partial charge in [0.2, 0.25) is 0 Å². The highest BCUT2D eigenvalue weighted by molar-refractivity contribution is 6.35. The molecule has 26 heavy (non-hydrogen) atoms. The van der Waals surface area contributed by atoms with Crippen LogP contribution < -0.4 is 10.6 Å². The summed E-state index contributed by atoms with van der Waals surface area (Å²) in [6.45, 7) is 1.95. The van der Waals surface area contributed by atoms with Gasteiger partial charge in [0.05, 0.1) is 0 Å². The van der Waals surface area contributed by atoms with E-state index in [9.17, 15) is 4.39 Å². The van der Waals surface area contributed by atoms with Crippen LogP contribution in [-0.4, -0.2) is 20.2 Å². The zero-order chi connectivity index (χ0) is 18.1. The normalized spacial score (nSPS) is 14.9. The van der Waals surface area contributed by atoms with Crippen LogP contribution in [-0.2, 0) is 0 Å². The number of nitrogens with one attached hydrogen (secondary N) is 3. The third kappa shape index (κ3) is 3.62. The molecule has 1 aromatic carbocycles. The van der Waals surface area contributed by atoms with E-state index in [2.05, 4.69) is 30.8 Å². The second-order valence-electron chi connectivity index (χ2n) is 6.41. The predicted octanol–water partition coefficient (Wildman–Crippen LogP) is 4.79. The van der Waals surface area contributed by atoms with Crippen molar-refractivity contribution < 1.29 is 4.39 Å². The summed E-state index contributed by atoms with van der Waals surface area (Å²) < 4.78 is 13.1. The number of rotatable bonds is 6. The van der Waals surface area contributed by atoms with Crippen molar-refractivity contribution >= 4 is 29.1 Å². The molecule has 3 N–H and O–H groups in total. The summed E-state index contributed by atoms with van der Waals surface area (Å²) in [4.78, 5) is 8.41. The average molecular weight is 373 g/mol. The number of nitrogens with zero attached hydrogens (tertiary/aromatic N) is 3. The number of H-pyrrole nitrogens is 1. The van der Waals surface area contributed by atoms with E-state index in [0.29, 0.717) is 28.4 Å². The van der Waals surface area contributed by atoms with Crippen LogP contribution >= 0.6 is 11.6 Å². The molecule has 6 nitrogen and oxygen atoms in total. The largest absolute Gasteiger partial charge is 0.362 e. The Labute approximate surface area is 155 Å². The topological polar surface area (TPSA) is 78.5 Å². The molecule has 1 atom stereocenters. The smallest absolute Gasteiger partial charge is 0.156 e. The molecule has 4 rings (SSSR count). The van der Waals surface area contributed by atoms with E-state index < -0.39 is 0 Å². The Hall–Kier alpha value is -2.67. The van der Waals surface area contributed by atoms with Crippen LogP contribution in [0, 0.1) is 5.82 Å². The molecule has 2 aromatic heterocycles. The summed E-state index contributed by atoms with van der Waals surface area (Å²) in [5, 5.41) is 14.0. The maximum atomic E-state index is 13.1. The zero-order valence-corrected chi connectivity index (χ0v) is 14.9. The Balaban J connectivity index is 1.50. The molecule has 0 saturated heterocycles. The lowest BCUT2D eigenvalue weighted by atomic mass is 10.1. The van der Waals surface area contributed by atoms with Gasteiger partial charge < -0.3 is 10.6 Å². The number of hydrogen-bond donors (Lipinski definition) is 3. The number of aromatic amines is 1. The molecule has 0 radical (unpaired) electrons. The lowest BCUT2D eigenvalue weighted by Gasteiger charge is -2.16. The molecule has 3 aromatic rings. The standard InChI is InChI=1S/C18H18ClFN6/c1-10(11-4-6-13(20)7-5-11)23-17-16(19)18(22-9-21-17)24-15-8-14(25-26-15)12-2-3-12/h4-10,12H,2-3H2,1H3,(H3,21,22,23,24,25,26). The Kier molecular flexibility index (Phi) is 4.46. The van der Waals surface area contributed by atoms with Crippen molar-refractivity contribution in [2.75, 3.05) is 10.6 Å². The van der Waals surface area contributed by atoms with Crippen molar-refractivity contribution in [3.8, 4) is 0 Å². The summed E-state index contributed by atoms with van der Waals surface area (Å²) in [6, 6.07) is 8.19. The highest BCUT2D eigenvalue weighted by Gasteiger charge is 2.25. The first-order valence-electron chi connectivity index (χ1n) is 8.45. The van der Waals surface area contributed by atoms with Gasteiger partial charge in [0, 0.05) is 23.7 Å². The molecule has 1 saturated carbocycles. The van der Waals surface area contributed by atoms with Gasteiger partial charge in [-0.1, -0.05) is 23.7 Å². The molecule has 2 heterocycles. The molecule has 1 unspecified atom stereocenters. The lowest BCUT2D eigenvalue weighted by molar-refractivity contribution is 0.626. The molecule has 0 spiro atoms. The summed E-state index contributed by atoms with van der Waals surface area (Å²) in [5.74, 6) is 1.97. The van der Waals surface area contributed by atoms with E-state index in [0.717, 1.165) is 11.3 Å². The van der Waals surface area contributed by atoms with Gasteiger partial charge in [-0.25, -0.2) is 14.4 Å². The number of hydrogen-bond acceptors (Lipinski definition) is 5. The van der Waals surface area contributed by atoms with Gasteiger partial charge in [0.15, 0.2) is 17.5 Å². The minimum absolute atomic E-state index is 0.0947. The maximum Gasteiger partial charge on any atom is 0.156 e. The van der Waals surface area contributed by atoms with Gasteiger partial charge in [-0.05, 0) is 37.5 Å². The molecule has 1 aliphatic rings. The van der Waals surface area contributed by atoms with E-state index in [1.54, 1.807) is 12.1 Å². The van der Waals surface area contributed by atoms with Crippen molar-refractivity contribution in [3.05, 3.63) is 58.8 Å². The van der Waals surface area contributed by atoms with Crippen LogP contribution in [0.4, 0.5) is 21.8 Å². The first kappa shape index (κ1) is 16.8. The number of anilines is 3. The zero-order valence-electron chi connectivity index (χ0n) is 14.1. The highest BCUT2D eigenvalue weighted by atomic mass is 35.5. The van der Waals surface area contributed by atoms with E-state index in [1.165, 1.54) is 31.3 Å².